The highest BCUT2D eigenvalue weighted by Crippen LogP contribution is 2.17. The van der Waals surface area contributed by atoms with Crippen LogP contribution in [0.2, 0.25) is 0 Å². The molecule has 118 valence electrons. The lowest BCUT2D eigenvalue weighted by Crippen LogP contribution is -2.25. The third-order valence-electron chi connectivity index (χ3n) is 3.48. The monoisotopic (exact) mass is 290 g/mol. The van der Waals surface area contributed by atoms with Crippen molar-refractivity contribution < 1.29 is 4.79 Å². The van der Waals surface area contributed by atoms with Crippen LogP contribution in [0.15, 0.2) is 18.2 Å². The molecule has 0 bridgehead atoms. The van der Waals surface area contributed by atoms with Crippen molar-refractivity contribution in [2.24, 2.45) is 5.92 Å². The Balaban J connectivity index is 2.52. The molecule has 0 radical (unpaired) electrons. The molecular formula is C18H30N2O. The topological polar surface area (TPSA) is 41.1 Å². The van der Waals surface area contributed by atoms with Gasteiger partial charge in [-0.15, -0.1) is 0 Å². The second kappa shape index (κ2) is 9.43. The Bertz CT molecular complexity index is 441. The van der Waals surface area contributed by atoms with Crippen molar-refractivity contribution in [1.82, 2.24) is 5.32 Å². The number of anilines is 1. The van der Waals surface area contributed by atoms with Gasteiger partial charge in [0, 0.05) is 18.8 Å². The second-order valence-corrected chi connectivity index (χ2v) is 6.12. The lowest BCUT2D eigenvalue weighted by Gasteiger charge is -2.13. The van der Waals surface area contributed by atoms with Gasteiger partial charge in [-0.3, -0.25) is 4.79 Å². The Morgan fingerprint density at radius 3 is 2.62 bits per heavy atom. The molecule has 1 rings (SSSR count). The van der Waals surface area contributed by atoms with Gasteiger partial charge in [-0.05, 0) is 43.4 Å². The minimum Gasteiger partial charge on any atom is -0.384 e. The molecule has 0 fully saturated rings. The first kappa shape index (κ1) is 17.5. The molecule has 0 unspecified atom stereocenters. The number of carbonyl (C=O) groups excluding carboxylic acids is 1. The first-order valence-electron chi connectivity index (χ1n) is 8.17. The summed E-state index contributed by atoms with van der Waals surface area (Å²) in [6, 6.07) is 5.95. The van der Waals surface area contributed by atoms with Crippen LogP contribution >= 0.6 is 0 Å². The number of benzene rings is 1. The second-order valence-electron chi connectivity index (χ2n) is 6.12. The molecule has 3 nitrogen and oxygen atoms in total. The predicted molar refractivity (Wildman–Crippen MR) is 91.0 cm³/mol. The van der Waals surface area contributed by atoms with Gasteiger partial charge in [0.25, 0.3) is 5.91 Å². The van der Waals surface area contributed by atoms with E-state index in [0.717, 1.165) is 43.1 Å². The number of hydrogen-bond acceptors (Lipinski definition) is 2. The molecule has 0 aliphatic carbocycles. The molecule has 3 heteroatoms. The van der Waals surface area contributed by atoms with E-state index in [0.29, 0.717) is 0 Å². The zero-order valence-corrected chi connectivity index (χ0v) is 14.0. The molecule has 0 aromatic heterocycles. The van der Waals surface area contributed by atoms with Crippen LogP contribution in [0.25, 0.3) is 0 Å². The maximum atomic E-state index is 12.3. The van der Waals surface area contributed by atoms with Crippen LogP contribution in [-0.2, 0) is 0 Å². The summed E-state index contributed by atoms with van der Waals surface area (Å²) in [5.41, 5.74) is 2.86. The summed E-state index contributed by atoms with van der Waals surface area (Å²) in [6.45, 7) is 10.3. The summed E-state index contributed by atoms with van der Waals surface area (Å²) >= 11 is 0. The van der Waals surface area contributed by atoms with Crippen molar-refractivity contribution in [3.05, 3.63) is 29.3 Å². The summed E-state index contributed by atoms with van der Waals surface area (Å²) in [5, 5.41) is 6.37. The van der Waals surface area contributed by atoms with E-state index in [-0.39, 0.29) is 5.91 Å². The third kappa shape index (κ3) is 6.65. The number of carbonyl (C=O) groups is 1. The van der Waals surface area contributed by atoms with E-state index in [2.05, 4.69) is 31.4 Å². The van der Waals surface area contributed by atoms with Crippen LogP contribution in [-0.4, -0.2) is 19.0 Å². The van der Waals surface area contributed by atoms with Gasteiger partial charge in [0.05, 0.1) is 5.56 Å². The molecule has 1 amide bonds. The maximum absolute atomic E-state index is 12.3. The Morgan fingerprint density at radius 1 is 1.19 bits per heavy atom. The molecule has 0 saturated heterocycles. The molecule has 0 heterocycles. The molecule has 0 saturated carbocycles. The van der Waals surface area contributed by atoms with Crippen molar-refractivity contribution in [2.45, 2.75) is 53.4 Å². The minimum atomic E-state index is 0.0261. The lowest BCUT2D eigenvalue weighted by molar-refractivity contribution is 0.0953. The molecular weight excluding hydrogens is 260 g/mol. The van der Waals surface area contributed by atoms with Gasteiger partial charge < -0.3 is 10.6 Å². The summed E-state index contributed by atoms with van der Waals surface area (Å²) < 4.78 is 0. The first-order chi connectivity index (χ1) is 10.0. The summed E-state index contributed by atoms with van der Waals surface area (Å²) in [7, 11) is 0. The maximum Gasteiger partial charge on any atom is 0.253 e. The summed E-state index contributed by atoms with van der Waals surface area (Å²) in [5.74, 6) is 0.765. The predicted octanol–water partition coefficient (Wildman–Crippen LogP) is 4.37. The van der Waals surface area contributed by atoms with Crippen LogP contribution in [0.3, 0.4) is 0 Å². The number of unbranched alkanes of at least 4 members (excludes halogenated alkanes) is 1. The van der Waals surface area contributed by atoms with E-state index in [9.17, 15) is 4.79 Å². The quantitative estimate of drug-likeness (QED) is 0.663. The Morgan fingerprint density at radius 2 is 1.95 bits per heavy atom. The van der Waals surface area contributed by atoms with Crippen molar-refractivity contribution >= 4 is 11.6 Å². The molecule has 21 heavy (non-hydrogen) atoms. The molecule has 1 aromatic carbocycles. The van der Waals surface area contributed by atoms with Crippen LogP contribution in [0.4, 0.5) is 5.69 Å². The van der Waals surface area contributed by atoms with Gasteiger partial charge in [0.2, 0.25) is 0 Å². The van der Waals surface area contributed by atoms with Crippen molar-refractivity contribution in [3.8, 4) is 0 Å². The zero-order valence-electron chi connectivity index (χ0n) is 14.0. The number of nitrogens with one attached hydrogen (secondary N) is 2. The minimum absolute atomic E-state index is 0.0261. The van der Waals surface area contributed by atoms with E-state index >= 15 is 0 Å². The van der Waals surface area contributed by atoms with Gasteiger partial charge in [0.15, 0.2) is 0 Å². The number of hydrogen-bond donors (Lipinski definition) is 2. The van der Waals surface area contributed by atoms with Gasteiger partial charge in [-0.2, -0.15) is 0 Å². The fraction of sp³-hybridized carbons (Fsp3) is 0.611. The standard InChI is InChI=1S/C18H30N2O/c1-5-11-19-17-13-15(4)9-10-16(17)18(21)20-12-7-6-8-14(2)3/h9-10,13-14,19H,5-8,11-12H2,1-4H3,(H,20,21). The lowest BCUT2D eigenvalue weighted by atomic mass is 10.1. The van der Waals surface area contributed by atoms with Crippen LogP contribution in [0.5, 0.6) is 0 Å². The average Bonchev–Trinajstić information content (AvgIpc) is 2.44. The van der Waals surface area contributed by atoms with Crippen LogP contribution < -0.4 is 10.6 Å². The molecule has 1 aromatic rings. The van der Waals surface area contributed by atoms with Crippen molar-refractivity contribution in [1.29, 1.82) is 0 Å². The zero-order chi connectivity index (χ0) is 15.7. The molecule has 0 aliphatic rings. The van der Waals surface area contributed by atoms with Gasteiger partial charge >= 0.3 is 0 Å². The number of amides is 1. The Kier molecular flexibility index (Phi) is 7.88. The van der Waals surface area contributed by atoms with Gasteiger partial charge in [-0.1, -0.05) is 39.7 Å². The molecule has 2 N–H and O–H groups in total. The SMILES string of the molecule is CCCNc1cc(C)ccc1C(=O)NCCCCC(C)C. The fourth-order valence-corrected chi connectivity index (χ4v) is 2.24. The van der Waals surface area contributed by atoms with E-state index in [1.807, 2.05) is 25.1 Å². The van der Waals surface area contributed by atoms with E-state index in [1.54, 1.807) is 0 Å². The fourth-order valence-electron chi connectivity index (χ4n) is 2.24. The summed E-state index contributed by atoms with van der Waals surface area (Å²) in [4.78, 5) is 12.3. The van der Waals surface area contributed by atoms with E-state index in [1.165, 1.54) is 18.4 Å². The van der Waals surface area contributed by atoms with Gasteiger partial charge in [-0.25, -0.2) is 0 Å². The highest BCUT2D eigenvalue weighted by molar-refractivity contribution is 5.99. The number of rotatable bonds is 9. The van der Waals surface area contributed by atoms with Crippen LogP contribution in [0.1, 0.15) is 62.4 Å². The van der Waals surface area contributed by atoms with Crippen molar-refractivity contribution in [3.63, 3.8) is 0 Å². The first-order valence-corrected chi connectivity index (χ1v) is 8.17. The van der Waals surface area contributed by atoms with Crippen LogP contribution in [0, 0.1) is 12.8 Å². The Labute approximate surface area is 129 Å². The molecule has 0 aliphatic heterocycles. The van der Waals surface area contributed by atoms with Gasteiger partial charge in [0.1, 0.15) is 0 Å². The largest absolute Gasteiger partial charge is 0.384 e. The smallest absolute Gasteiger partial charge is 0.253 e. The third-order valence-corrected chi connectivity index (χ3v) is 3.48. The number of aryl methyl sites for hydroxylation is 1. The average molecular weight is 290 g/mol. The molecule has 0 spiro atoms. The highest BCUT2D eigenvalue weighted by Gasteiger charge is 2.10. The van der Waals surface area contributed by atoms with E-state index < -0.39 is 0 Å². The summed E-state index contributed by atoms with van der Waals surface area (Å²) in [6.07, 6.45) is 4.49. The van der Waals surface area contributed by atoms with Crippen molar-refractivity contribution in [2.75, 3.05) is 18.4 Å². The normalized spacial score (nSPS) is 10.7. The highest BCUT2D eigenvalue weighted by atomic mass is 16.1. The Hall–Kier alpha value is -1.51. The molecule has 0 atom stereocenters. The van der Waals surface area contributed by atoms with E-state index in [4.69, 9.17) is 0 Å².